The molecule has 0 saturated carbocycles. The number of allylic oxidation sites excluding steroid dienone is 7. The monoisotopic (exact) mass is 655 g/mol. The molecular weight excluding hydrogens is 605 g/mol. The van der Waals surface area contributed by atoms with Gasteiger partial charge in [0.1, 0.15) is 6.54 Å². The Hall–Kier alpha value is -4.95. The molecule has 0 bridgehead atoms. The Bertz CT molecular complexity index is 2230. The standard InChI is InChI=1S/C48H51N2/c1-8-31-47(5)43(49(7)41-28-26-36-19-14-16-22-39(36)45(41)47)24-10-9-11-25-44-48(6,33-38-21-13-12-18-35(38)4)46-40-23-17-15-20-37(40)27-29-42(46)50(44)32-30-34(2)3/h8-29,34H,1,30-33H2,2-7H3/q+1. The summed E-state index contributed by atoms with van der Waals surface area (Å²) in [5.74, 6) is 0.619. The summed E-state index contributed by atoms with van der Waals surface area (Å²) in [6.45, 7) is 16.9. The second-order valence-corrected chi connectivity index (χ2v) is 15.2. The van der Waals surface area contributed by atoms with E-state index < -0.39 is 0 Å². The molecule has 0 N–H and O–H groups in total. The van der Waals surface area contributed by atoms with Crippen molar-refractivity contribution >= 4 is 38.6 Å². The third-order valence-electron chi connectivity index (χ3n) is 11.4. The van der Waals surface area contributed by atoms with Gasteiger partial charge in [-0.15, -0.1) is 6.58 Å². The topological polar surface area (TPSA) is 6.25 Å². The lowest BCUT2D eigenvalue weighted by atomic mass is 9.72. The first-order chi connectivity index (χ1) is 24.2. The molecular formula is C48H51N2+. The summed E-state index contributed by atoms with van der Waals surface area (Å²) in [7, 11) is 2.21. The minimum absolute atomic E-state index is 0.163. The summed E-state index contributed by atoms with van der Waals surface area (Å²) in [6.07, 6.45) is 16.5. The number of aryl methyl sites for hydroxylation is 1. The van der Waals surface area contributed by atoms with E-state index in [0.29, 0.717) is 5.92 Å². The van der Waals surface area contributed by atoms with Crippen LogP contribution in [0.4, 0.5) is 11.4 Å². The van der Waals surface area contributed by atoms with Crippen molar-refractivity contribution in [3.63, 3.8) is 0 Å². The Labute approximate surface area is 299 Å². The number of rotatable bonds is 10. The summed E-state index contributed by atoms with van der Waals surface area (Å²) in [4.78, 5) is 2.37. The molecule has 2 atom stereocenters. The van der Waals surface area contributed by atoms with Gasteiger partial charge < -0.3 is 4.90 Å². The van der Waals surface area contributed by atoms with Crippen LogP contribution in [0.2, 0.25) is 0 Å². The number of anilines is 1. The van der Waals surface area contributed by atoms with Crippen molar-refractivity contribution in [2.75, 3.05) is 18.5 Å². The van der Waals surface area contributed by atoms with Crippen LogP contribution in [-0.4, -0.2) is 23.9 Å². The number of fused-ring (bicyclic) bond motifs is 6. The van der Waals surface area contributed by atoms with E-state index in [0.717, 1.165) is 25.8 Å². The number of nitrogens with zero attached hydrogens (tertiary/aromatic N) is 2. The van der Waals surface area contributed by atoms with Crippen molar-refractivity contribution < 1.29 is 4.58 Å². The van der Waals surface area contributed by atoms with Crippen molar-refractivity contribution in [1.82, 2.24) is 0 Å². The van der Waals surface area contributed by atoms with Gasteiger partial charge in [-0.25, -0.2) is 0 Å². The van der Waals surface area contributed by atoms with Gasteiger partial charge in [0.2, 0.25) is 5.69 Å². The van der Waals surface area contributed by atoms with E-state index in [2.05, 4.69) is 191 Å². The molecule has 2 aliphatic rings. The highest BCUT2D eigenvalue weighted by Gasteiger charge is 2.49. The summed E-state index contributed by atoms with van der Waals surface area (Å²) in [5.41, 5.74) is 10.5. The lowest BCUT2D eigenvalue weighted by Gasteiger charge is -2.28. The van der Waals surface area contributed by atoms with Gasteiger partial charge in [-0.3, -0.25) is 0 Å². The molecule has 2 nitrogen and oxygen atoms in total. The lowest BCUT2D eigenvalue weighted by Crippen LogP contribution is -2.34. The molecule has 0 aliphatic carbocycles. The van der Waals surface area contributed by atoms with Crippen molar-refractivity contribution in [2.45, 2.75) is 64.7 Å². The van der Waals surface area contributed by atoms with Gasteiger partial charge >= 0.3 is 0 Å². The molecule has 0 fully saturated rings. The second kappa shape index (κ2) is 13.4. The first-order valence-corrected chi connectivity index (χ1v) is 18.3. The average molecular weight is 656 g/mol. The Morgan fingerprint density at radius 2 is 1.42 bits per heavy atom. The van der Waals surface area contributed by atoms with Crippen LogP contribution >= 0.6 is 0 Å². The molecule has 2 heterocycles. The number of benzene rings is 5. The van der Waals surface area contributed by atoms with Crippen LogP contribution in [0.5, 0.6) is 0 Å². The molecule has 0 spiro atoms. The predicted octanol–water partition coefficient (Wildman–Crippen LogP) is 11.9. The second-order valence-electron chi connectivity index (χ2n) is 15.2. The van der Waals surface area contributed by atoms with Crippen LogP contribution in [0.25, 0.3) is 21.5 Å². The fourth-order valence-electron chi connectivity index (χ4n) is 8.79. The molecule has 50 heavy (non-hydrogen) atoms. The Balaban J connectivity index is 1.31. The molecule has 5 aromatic carbocycles. The zero-order valence-corrected chi connectivity index (χ0v) is 30.7. The van der Waals surface area contributed by atoms with Crippen LogP contribution in [0.1, 0.15) is 62.8 Å². The Morgan fingerprint density at radius 1 is 0.760 bits per heavy atom. The van der Waals surface area contributed by atoms with E-state index in [-0.39, 0.29) is 10.8 Å². The van der Waals surface area contributed by atoms with Crippen LogP contribution < -0.4 is 4.90 Å². The van der Waals surface area contributed by atoms with Gasteiger partial charge in [-0.2, -0.15) is 4.58 Å². The molecule has 0 radical (unpaired) electrons. The molecule has 252 valence electrons. The highest BCUT2D eigenvalue weighted by Crippen LogP contribution is 2.52. The smallest absolute Gasteiger partial charge is 0.210 e. The van der Waals surface area contributed by atoms with Crippen molar-refractivity contribution in [1.29, 1.82) is 0 Å². The van der Waals surface area contributed by atoms with Crippen LogP contribution in [-0.2, 0) is 17.3 Å². The zero-order valence-electron chi connectivity index (χ0n) is 30.7. The van der Waals surface area contributed by atoms with Gasteiger partial charge in [0.05, 0.1) is 5.41 Å². The summed E-state index contributed by atoms with van der Waals surface area (Å²) in [6, 6.07) is 35.8. The van der Waals surface area contributed by atoms with Gasteiger partial charge in [-0.1, -0.05) is 117 Å². The van der Waals surface area contributed by atoms with Gasteiger partial charge in [0.15, 0.2) is 5.71 Å². The quantitative estimate of drug-likeness (QED) is 0.0824. The third kappa shape index (κ3) is 5.65. The van der Waals surface area contributed by atoms with Crippen molar-refractivity contribution in [3.8, 4) is 0 Å². The first kappa shape index (κ1) is 33.5. The number of hydrogen-bond donors (Lipinski definition) is 0. The highest BCUT2D eigenvalue weighted by molar-refractivity contribution is 6.08. The average Bonchev–Trinajstić information content (AvgIpc) is 3.48. The molecule has 5 aromatic rings. The minimum atomic E-state index is -0.195. The van der Waals surface area contributed by atoms with E-state index in [1.165, 1.54) is 66.6 Å². The maximum absolute atomic E-state index is 4.17. The fourth-order valence-corrected chi connectivity index (χ4v) is 8.79. The molecule has 0 saturated heterocycles. The maximum Gasteiger partial charge on any atom is 0.210 e. The summed E-state index contributed by atoms with van der Waals surface area (Å²) >= 11 is 0. The van der Waals surface area contributed by atoms with Crippen molar-refractivity contribution in [2.24, 2.45) is 5.92 Å². The largest absolute Gasteiger partial charge is 0.347 e. The van der Waals surface area contributed by atoms with Crippen molar-refractivity contribution in [3.05, 3.63) is 168 Å². The highest BCUT2D eigenvalue weighted by atomic mass is 15.2. The first-order valence-electron chi connectivity index (χ1n) is 18.3. The van der Waals surface area contributed by atoms with E-state index in [4.69, 9.17) is 0 Å². The number of likely N-dealkylation sites (N-methyl/N-ethyl adjacent to an activating group) is 1. The van der Waals surface area contributed by atoms with E-state index >= 15 is 0 Å². The van der Waals surface area contributed by atoms with Gasteiger partial charge in [0.25, 0.3) is 0 Å². The van der Waals surface area contributed by atoms with Crippen LogP contribution in [0.3, 0.4) is 0 Å². The van der Waals surface area contributed by atoms with E-state index in [1.807, 2.05) is 0 Å². The molecule has 2 heteroatoms. The van der Waals surface area contributed by atoms with E-state index in [9.17, 15) is 0 Å². The van der Waals surface area contributed by atoms with Gasteiger partial charge in [-0.05, 0) is 96.0 Å². The fraction of sp³-hybridized carbons (Fsp3) is 0.271. The maximum atomic E-state index is 4.17. The van der Waals surface area contributed by atoms with Crippen LogP contribution in [0, 0.1) is 12.8 Å². The lowest BCUT2D eigenvalue weighted by molar-refractivity contribution is -0.439. The van der Waals surface area contributed by atoms with Crippen LogP contribution in [0.15, 0.2) is 146 Å². The molecule has 2 aliphatic heterocycles. The Kier molecular flexibility index (Phi) is 8.99. The number of hydrogen-bond acceptors (Lipinski definition) is 1. The van der Waals surface area contributed by atoms with Gasteiger partial charge in [0, 0.05) is 48.0 Å². The molecule has 2 unspecified atom stereocenters. The SMILES string of the molecule is C=CCC1(C)\C(=C/C=C/C=C/C2=[N+](CCC(C)C)c3ccc4ccccc4c3C2(C)Cc2ccccc2C)N(C)c2ccc3ccccc3c21. The molecule has 0 amide bonds. The molecule has 7 rings (SSSR count). The summed E-state index contributed by atoms with van der Waals surface area (Å²) < 4.78 is 2.62. The minimum Gasteiger partial charge on any atom is -0.347 e. The van der Waals surface area contributed by atoms with E-state index in [1.54, 1.807) is 0 Å². The summed E-state index contributed by atoms with van der Waals surface area (Å²) in [5, 5.41) is 5.28. The third-order valence-corrected chi connectivity index (χ3v) is 11.4. The Morgan fingerprint density at radius 3 is 2.12 bits per heavy atom. The molecule has 0 aromatic heterocycles. The normalized spacial score (nSPS) is 21.1. The predicted molar refractivity (Wildman–Crippen MR) is 216 cm³/mol. The zero-order chi connectivity index (χ0) is 35.0.